The van der Waals surface area contributed by atoms with Crippen molar-refractivity contribution in [1.29, 1.82) is 0 Å². The second-order valence-corrected chi connectivity index (χ2v) is 6.25. The molecule has 32 heavy (non-hydrogen) atoms. The lowest BCUT2D eigenvalue weighted by atomic mass is 10.2. The summed E-state index contributed by atoms with van der Waals surface area (Å²) in [4.78, 5) is 48.1. The predicted octanol–water partition coefficient (Wildman–Crippen LogP) is -0.201. The van der Waals surface area contributed by atoms with Crippen LogP contribution in [0.4, 0.5) is 0 Å². The van der Waals surface area contributed by atoms with E-state index in [1.165, 1.54) is 44.6 Å². The van der Waals surface area contributed by atoms with Crippen molar-refractivity contribution in [3.63, 3.8) is 0 Å². The van der Waals surface area contributed by atoms with E-state index in [0.29, 0.717) is 11.5 Å². The normalized spacial score (nSPS) is 11.0. The van der Waals surface area contributed by atoms with Crippen LogP contribution in [0.1, 0.15) is 20.7 Å². The largest absolute Gasteiger partial charge is 0.493 e. The molecule has 0 aliphatic rings. The molecule has 2 rings (SSSR count). The van der Waals surface area contributed by atoms with Crippen molar-refractivity contribution in [3.05, 3.63) is 59.7 Å². The Kier molecular flexibility index (Phi) is 8.99. The molecule has 0 aliphatic heterocycles. The predicted molar refractivity (Wildman–Crippen MR) is 111 cm³/mol. The Morgan fingerprint density at radius 2 is 1.56 bits per heavy atom. The maximum Gasteiger partial charge on any atom is 0.331 e. The number of methoxy groups -OCH3 is 2. The summed E-state index contributed by atoms with van der Waals surface area (Å²) in [5.41, 5.74) is 4.72. The minimum Gasteiger partial charge on any atom is -0.493 e. The average molecular weight is 445 g/mol. The summed E-state index contributed by atoms with van der Waals surface area (Å²) in [5, 5.41) is 11.7. The number of aliphatic hydroxyl groups excluding tert-OH is 1. The summed E-state index contributed by atoms with van der Waals surface area (Å²) in [5.74, 6) is -2.33. The van der Waals surface area contributed by atoms with Crippen molar-refractivity contribution in [2.75, 3.05) is 27.4 Å². The van der Waals surface area contributed by atoms with Gasteiger partial charge in [0.2, 0.25) is 0 Å². The molecule has 170 valence electrons. The number of nitrogens with one attached hydrogen (secondary N) is 3. The SMILES string of the molecule is COc1ccc(C(=O)NNC(=O)COC(=O)C(CO)NC(=O)c2ccccc2)cc1OC. The highest BCUT2D eigenvalue weighted by Gasteiger charge is 2.23. The van der Waals surface area contributed by atoms with Crippen molar-refractivity contribution >= 4 is 23.7 Å². The molecule has 0 aromatic heterocycles. The first-order valence-electron chi connectivity index (χ1n) is 9.34. The Morgan fingerprint density at radius 1 is 0.875 bits per heavy atom. The van der Waals surface area contributed by atoms with Crippen molar-refractivity contribution in [1.82, 2.24) is 16.2 Å². The van der Waals surface area contributed by atoms with Gasteiger partial charge in [-0.3, -0.25) is 25.2 Å². The molecule has 0 bridgehead atoms. The molecular formula is C21H23N3O8. The van der Waals surface area contributed by atoms with Crippen LogP contribution in [0.15, 0.2) is 48.5 Å². The number of carbonyl (C=O) groups excluding carboxylic acids is 4. The van der Waals surface area contributed by atoms with Crippen LogP contribution in [0.25, 0.3) is 0 Å². The highest BCUT2D eigenvalue weighted by atomic mass is 16.5. The summed E-state index contributed by atoms with van der Waals surface area (Å²) < 4.78 is 15.0. The number of benzene rings is 2. The molecule has 2 aromatic rings. The van der Waals surface area contributed by atoms with Crippen LogP contribution in [0.5, 0.6) is 11.5 Å². The van der Waals surface area contributed by atoms with Crippen molar-refractivity contribution in [2.45, 2.75) is 6.04 Å². The molecule has 0 aliphatic carbocycles. The van der Waals surface area contributed by atoms with Crippen LogP contribution in [0, 0.1) is 0 Å². The molecule has 0 saturated carbocycles. The summed E-state index contributed by atoms with van der Waals surface area (Å²) in [6, 6.07) is 11.1. The first-order chi connectivity index (χ1) is 15.4. The van der Waals surface area contributed by atoms with E-state index >= 15 is 0 Å². The number of aliphatic hydroxyl groups is 1. The van der Waals surface area contributed by atoms with Gasteiger partial charge in [-0.05, 0) is 30.3 Å². The van der Waals surface area contributed by atoms with Crippen LogP contribution in [-0.4, -0.2) is 62.3 Å². The highest BCUT2D eigenvalue weighted by Crippen LogP contribution is 2.27. The first-order valence-corrected chi connectivity index (χ1v) is 9.34. The maximum atomic E-state index is 12.2. The maximum absolute atomic E-state index is 12.2. The fourth-order valence-electron chi connectivity index (χ4n) is 2.46. The fraction of sp³-hybridized carbons (Fsp3) is 0.238. The number of esters is 1. The minimum atomic E-state index is -1.36. The van der Waals surface area contributed by atoms with Gasteiger partial charge in [0.25, 0.3) is 17.7 Å². The van der Waals surface area contributed by atoms with Gasteiger partial charge in [0.1, 0.15) is 0 Å². The zero-order chi connectivity index (χ0) is 23.5. The van der Waals surface area contributed by atoms with Crippen LogP contribution in [0.2, 0.25) is 0 Å². The number of amides is 3. The van der Waals surface area contributed by atoms with E-state index in [1.54, 1.807) is 18.2 Å². The van der Waals surface area contributed by atoms with Gasteiger partial charge < -0.3 is 24.6 Å². The molecule has 0 heterocycles. The van der Waals surface area contributed by atoms with Gasteiger partial charge in [-0.2, -0.15) is 0 Å². The standard InChI is InChI=1S/C21H23N3O8/c1-30-16-9-8-14(10-17(16)31-2)20(28)24-23-18(26)12-32-21(29)15(11-25)22-19(27)13-6-4-3-5-7-13/h3-10,15,25H,11-12H2,1-2H3,(H,22,27)(H,23,26)(H,24,28). The summed E-state index contributed by atoms with van der Waals surface area (Å²) in [6.45, 7) is -1.47. The Hall–Kier alpha value is -4.12. The van der Waals surface area contributed by atoms with Crippen LogP contribution in [-0.2, 0) is 14.3 Å². The number of hydrogen-bond donors (Lipinski definition) is 4. The quantitative estimate of drug-likeness (QED) is 0.306. The molecule has 0 radical (unpaired) electrons. The Balaban J connectivity index is 1.81. The van der Waals surface area contributed by atoms with Crippen LogP contribution < -0.4 is 25.6 Å². The third-order valence-corrected chi connectivity index (χ3v) is 4.12. The third kappa shape index (κ3) is 6.71. The third-order valence-electron chi connectivity index (χ3n) is 4.12. The van der Waals surface area contributed by atoms with E-state index in [1.807, 2.05) is 0 Å². The van der Waals surface area contributed by atoms with Gasteiger partial charge in [-0.15, -0.1) is 0 Å². The second-order valence-electron chi connectivity index (χ2n) is 6.25. The summed E-state index contributed by atoms with van der Waals surface area (Å²) in [6.07, 6.45) is 0. The van der Waals surface area contributed by atoms with E-state index in [-0.39, 0.29) is 11.1 Å². The van der Waals surface area contributed by atoms with Gasteiger partial charge in [0.15, 0.2) is 24.1 Å². The number of rotatable bonds is 9. The van der Waals surface area contributed by atoms with E-state index in [0.717, 1.165) is 0 Å². The van der Waals surface area contributed by atoms with E-state index in [9.17, 15) is 24.3 Å². The van der Waals surface area contributed by atoms with Gasteiger partial charge in [0.05, 0.1) is 20.8 Å². The van der Waals surface area contributed by atoms with E-state index in [4.69, 9.17) is 14.2 Å². The molecule has 2 aromatic carbocycles. The summed E-state index contributed by atoms with van der Waals surface area (Å²) in [7, 11) is 2.87. The zero-order valence-electron chi connectivity index (χ0n) is 17.4. The van der Waals surface area contributed by atoms with Gasteiger partial charge in [-0.1, -0.05) is 18.2 Å². The lowest BCUT2D eigenvalue weighted by Crippen LogP contribution is -2.47. The van der Waals surface area contributed by atoms with Crippen molar-refractivity contribution in [2.24, 2.45) is 0 Å². The molecule has 11 heteroatoms. The van der Waals surface area contributed by atoms with Gasteiger partial charge >= 0.3 is 5.97 Å². The van der Waals surface area contributed by atoms with E-state index in [2.05, 4.69) is 16.2 Å². The smallest absolute Gasteiger partial charge is 0.331 e. The molecule has 1 atom stereocenters. The van der Waals surface area contributed by atoms with Gasteiger partial charge in [-0.25, -0.2) is 4.79 Å². The lowest BCUT2D eigenvalue weighted by molar-refractivity contribution is -0.151. The Bertz CT molecular complexity index is 965. The average Bonchev–Trinajstić information content (AvgIpc) is 2.84. The molecule has 3 amide bonds. The lowest BCUT2D eigenvalue weighted by Gasteiger charge is -2.15. The Morgan fingerprint density at radius 3 is 2.19 bits per heavy atom. The Labute approximate surface area is 183 Å². The molecule has 0 fully saturated rings. The molecule has 4 N–H and O–H groups in total. The number of carbonyl (C=O) groups is 4. The number of ether oxygens (including phenoxy) is 3. The second kappa shape index (κ2) is 11.9. The fourth-order valence-corrected chi connectivity index (χ4v) is 2.46. The van der Waals surface area contributed by atoms with Crippen LogP contribution in [0.3, 0.4) is 0 Å². The number of hydrogen-bond acceptors (Lipinski definition) is 8. The molecule has 0 spiro atoms. The zero-order valence-corrected chi connectivity index (χ0v) is 17.4. The highest BCUT2D eigenvalue weighted by molar-refractivity contribution is 5.97. The topological polar surface area (TPSA) is 152 Å². The van der Waals surface area contributed by atoms with Crippen molar-refractivity contribution in [3.8, 4) is 11.5 Å². The van der Waals surface area contributed by atoms with Crippen LogP contribution >= 0.6 is 0 Å². The van der Waals surface area contributed by atoms with E-state index < -0.39 is 42.9 Å². The molecule has 0 saturated heterocycles. The number of hydrazine groups is 1. The molecular weight excluding hydrogens is 422 g/mol. The summed E-state index contributed by atoms with van der Waals surface area (Å²) >= 11 is 0. The molecule has 11 nitrogen and oxygen atoms in total. The van der Waals surface area contributed by atoms with Crippen molar-refractivity contribution < 1.29 is 38.5 Å². The molecule has 1 unspecified atom stereocenters. The minimum absolute atomic E-state index is 0.184. The van der Waals surface area contributed by atoms with Gasteiger partial charge in [0, 0.05) is 11.1 Å². The monoisotopic (exact) mass is 445 g/mol. The first kappa shape index (κ1) is 24.2.